The van der Waals surface area contributed by atoms with Crippen molar-refractivity contribution in [3.63, 3.8) is 0 Å². The number of fused-ring (bicyclic) bond motifs is 1. The van der Waals surface area contributed by atoms with Crippen LogP contribution in [0.2, 0.25) is 0 Å². The molecule has 16 heavy (non-hydrogen) atoms. The largest absolute Gasteiger partial charge is 0.346 e. The first-order valence-corrected chi connectivity index (χ1v) is 4.68. The number of hydrogen-bond donors (Lipinski definition) is 1. The van der Waals surface area contributed by atoms with Crippen LogP contribution < -0.4 is 5.56 Å². The van der Waals surface area contributed by atoms with E-state index in [0.29, 0.717) is 17.0 Å². The van der Waals surface area contributed by atoms with Crippen LogP contribution in [-0.4, -0.2) is 24.6 Å². The van der Waals surface area contributed by atoms with Crippen LogP contribution in [-0.2, 0) is 0 Å². The van der Waals surface area contributed by atoms with Gasteiger partial charge in [-0.05, 0) is 0 Å². The molecule has 6 heteroatoms. The number of hydrogen-bond acceptors (Lipinski definition) is 4. The number of aromatic nitrogens is 5. The summed E-state index contributed by atoms with van der Waals surface area (Å²) in [6, 6.07) is 3.17. The Bertz CT molecular complexity index is 685. The predicted octanol–water partition coefficient (Wildman–Crippen LogP) is 0.480. The van der Waals surface area contributed by atoms with Gasteiger partial charge >= 0.3 is 0 Å². The second-order valence-corrected chi connectivity index (χ2v) is 3.23. The molecule has 3 heterocycles. The van der Waals surface area contributed by atoms with Gasteiger partial charge in [0.05, 0.1) is 6.20 Å². The van der Waals surface area contributed by atoms with Gasteiger partial charge in [0.15, 0.2) is 0 Å². The van der Waals surface area contributed by atoms with Crippen molar-refractivity contribution in [2.24, 2.45) is 0 Å². The molecule has 0 aliphatic carbocycles. The molecule has 0 radical (unpaired) electrons. The molecule has 0 unspecified atom stereocenters. The number of nitrogens with zero attached hydrogens (tertiary/aromatic N) is 4. The smallest absolute Gasteiger partial charge is 0.274 e. The molecule has 0 saturated heterocycles. The van der Waals surface area contributed by atoms with E-state index in [-0.39, 0.29) is 5.56 Å². The average Bonchev–Trinajstić information content (AvgIpc) is 2.76. The van der Waals surface area contributed by atoms with E-state index in [0.717, 1.165) is 0 Å². The third kappa shape index (κ3) is 1.28. The molecule has 0 bridgehead atoms. The molecule has 0 spiro atoms. The van der Waals surface area contributed by atoms with E-state index in [4.69, 9.17) is 0 Å². The van der Waals surface area contributed by atoms with E-state index in [1.807, 2.05) is 0 Å². The molecule has 0 saturated carbocycles. The molecule has 0 atom stereocenters. The lowest BCUT2D eigenvalue weighted by Crippen LogP contribution is -2.12. The number of H-pyrrole nitrogens is 1. The van der Waals surface area contributed by atoms with Gasteiger partial charge in [0, 0.05) is 30.7 Å². The monoisotopic (exact) mass is 213 g/mol. The summed E-state index contributed by atoms with van der Waals surface area (Å²) in [6.07, 6.45) is 6.36. The Morgan fingerprint density at radius 1 is 1.25 bits per heavy atom. The lowest BCUT2D eigenvalue weighted by Gasteiger charge is -1.90. The summed E-state index contributed by atoms with van der Waals surface area (Å²) in [6.45, 7) is 0. The van der Waals surface area contributed by atoms with Crippen LogP contribution in [0.25, 0.3) is 17.0 Å². The van der Waals surface area contributed by atoms with Gasteiger partial charge in [-0.25, -0.2) is 0 Å². The van der Waals surface area contributed by atoms with Crippen LogP contribution in [0.1, 0.15) is 0 Å². The molecule has 6 nitrogen and oxygen atoms in total. The van der Waals surface area contributed by atoms with Crippen molar-refractivity contribution < 1.29 is 0 Å². The van der Waals surface area contributed by atoms with Crippen LogP contribution in [0.5, 0.6) is 0 Å². The molecule has 1 N–H and O–H groups in total. The van der Waals surface area contributed by atoms with E-state index >= 15 is 0 Å². The van der Waals surface area contributed by atoms with Crippen LogP contribution >= 0.6 is 0 Å². The summed E-state index contributed by atoms with van der Waals surface area (Å²) in [4.78, 5) is 22.5. The zero-order valence-corrected chi connectivity index (χ0v) is 8.16. The van der Waals surface area contributed by atoms with Crippen molar-refractivity contribution in [1.82, 2.24) is 24.6 Å². The second-order valence-electron chi connectivity index (χ2n) is 3.23. The molecule has 0 amide bonds. The Morgan fingerprint density at radius 2 is 2.19 bits per heavy atom. The van der Waals surface area contributed by atoms with Gasteiger partial charge in [0.25, 0.3) is 5.56 Å². The molecule has 0 aliphatic rings. The van der Waals surface area contributed by atoms with Gasteiger partial charge in [-0.3, -0.25) is 14.8 Å². The zero-order valence-electron chi connectivity index (χ0n) is 8.16. The zero-order chi connectivity index (χ0) is 11.0. The van der Waals surface area contributed by atoms with Gasteiger partial charge in [-0.1, -0.05) is 0 Å². The van der Waals surface area contributed by atoms with E-state index in [1.165, 1.54) is 10.6 Å². The Labute approximate surface area is 89.6 Å². The van der Waals surface area contributed by atoms with E-state index in [1.54, 1.807) is 30.9 Å². The minimum absolute atomic E-state index is 0.177. The van der Waals surface area contributed by atoms with Crippen molar-refractivity contribution in [3.8, 4) is 11.4 Å². The molecular weight excluding hydrogens is 206 g/mol. The first-order chi connectivity index (χ1) is 7.84. The number of rotatable bonds is 1. The van der Waals surface area contributed by atoms with Gasteiger partial charge in [0.2, 0.25) is 0 Å². The molecule has 3 rings (SSSR count). The maximum absolute atomic E-state index is 11.5. The third-order valence-corrected chi connectivity index (χ3v) is 2.20. The highest BCUT2D eigenvalue weighted by atomic mass is 16.1. The normalized spacial score (nSPS) is 10.8. The van der Waals surface area contributed by atoms with E-state index in [9.17, 15) is 4.79 Å². The van der Waals surface area contributed by atoms with Crippen molar-refractivity contribution in [1.29, 1.82) is 0 Å². The molecular formula is C10H7N5O. The first kappa shape index (κ1) is 8.78. The standard InChI is InChI=1S/C10H7N5O/c16-10-1-2-13-9-5-7(14-15(9)10)8-6-11-3-4-12-8/h1-6,13H. The Balaban J connectivity index is 2.28. The quantitative estimate of drug-likeness (QED) is 0.637. The van der Waals surface area contributed by atoms with Crippen molar-refractivity contribution >= 4 is 5.65 Å². The molecule has 0 fully saturated rings. The summed E-state index contributed by atoms with van der Waals surface area (Å²) in [7, 11) is 0. The summed E-state index contributed by atoms with van der Waals surface area (Å²) in [5.41, 5.74) is 1.71. The Kier molecular flexibility index (Phi) is 1.79. The first-order valence-electron chi connectivity index (χ1n) is 4.68. The fourth-order valence-corrected chi connectivity index (χ4v) is 1.48. The van der Waals surface area contributed by atoms with Crippen LogP contribution in [0.4, 0.5) is 0 Å². The van der Waals surface area contributed by atoms with Crippen molar-refractivity contribution in [3.05, 3.63) is 47.3 Å². The predicted molar refractivity (Wildman–Crippen MR) is 56.8 cm³/mol. The summed E-state index contributed by atoms with van der Waals surface area (Å²) in [5, 5.41) is 4.15. The molecule has 3 aromatic heterocycles. The van der Waals surface area contributed by atoms with Crippen molar-refractivity contribution in [2.75, 3.05) is 0 Å². The van der Waals surface area contributed by atoms with Crippen LogP contribution in [0, 0.1) is 0 Å². The second kappa shape index (κ2) is 3.27. The average molecular weight is 213 g/mol. The minimum atomic E-state index is -0.177. The lowest BCUT2D eigenvalue weighted by molar-refractivity contribution is 0.900. The molecule has 0 aliphatic heterocycles. The summed E-state index contributed by atoms with van der Waals surface area (Å²) < 4.78 is 1.30. The Morgan fingerprint density at radius 3 is 2.94 bits per heavy atom. The minimum Gasteiger partial charge on any atom is -0.346 e. The van der Waals surface area contributed by atoms with Gasteiger partial charge in [-0.2, -0.15) is 9.61 Å². The van der Waals surface area contributed by atoms with Gasteiger partial charge < -0.3 is 4.98 Å². The topological polar surface area (TPSA) is 75.9 Å². The number of aromatic amines is 1. The van der Waals surface area contributed by atoms with Gasteiger partial charge in [0.1, 0.15) is 17.0 Å². The number of nitrogens with one attached hydrogen (secondary N) is 1. The fraction of sp³-hybridized carbons (Fsp3) is 0. The highest BCUT2D eigenvalue weighted by Gasteiger charge is 2.06. The fourth-order valence-electron chi connectivity index (χ4n) is 1.48. The lowest BCUT2D eigenvalue weighted by atomic mass is 10.3. The maximum Gasteiger partial charge on any atom is 0.274 e. The SMILES string of the molecule is O=c1cc[nH]c2cc(-c3cnccn3)nn12. The Hall–Kier alpha value is -2.50. The molecule has 0 aromatic carbocycles. The van der Waals surface area contributed by atoms with E-state index < -0.39 is 0 Å². The summed E-state index contributed by atoms with van der Waals surface area (Å²) >= 11 is 0. The van der Waals surface area contributed by atoms with E-state index in [2.05, 4.69) is 20.1 Å². The molecule has 3 aromatic rings. The van der Waals surface area contributed by atoms with Gasteiger partial charge in [-0.15, -0.1) is 0 Å². The summed E-state index contributed by atoms with van der Waals surface area (Å²) in [5.74, 6) is 0. The van der Waals surface area contributed by atoms with Crippen LogP contribution in [0.15, 0.2) is 41.7 Å². The molecule has 78 valence electrons. The maximum atomic E-state index is 11.5. The third-order valence-electron chi connectivity index (χ3n) is 2.20. The highest BCUT2D eigenvalue weighted by molar-refractivity contribution is 5.59. The van der Waals surface area contributed by atoms with Crippen LogP contribution in [0.3, 0.4) is 0 Å². The van der Waals surface area contributed by atoms with Crippen molar-refractivity contribution in [2.45, 2.75) is 0 Å². The highest BCUT2D eigenvalue weighted by Crippen LogP contribution is 2.13.